The lowest BCUT2D eigenvalue weighted by atomic mass is 9.77. The number of hydrogen-bond acceptors (Lipinski definition) is 2. The van der Waals surface area contributed by atoms with E-state index >= 15 is 0 Å². The van der Waals surface area contributed by atoms with Gasteiger partial charge in [-0.2, -0.15) is 10.2 Å². The molecule has 0 saturated heterocycles. The van der Waals surface area contributed by atoms with E-state index in [1.807, 2.05) is 6.07 Å². The van der Waals surface area contributed by atoms with Gasteiger partial charge in [-0.05, 0) is 25.0 Å². The van der Waals surface area contributed by atoms with Gasteiger partial charge in [0.25, 0.3) is 0 Å². The van der Waals surface area contributed by atoms with E-state index in [9.17, 15) is 0 Å². The van der Waals surface area contributed by atoms with Crippen molar-refractivity contribution >= 4 is 0 Å². The van der Waals surface area contributed by atoms with Gasteiger partial charge in [0, 0.05) is 11.6 Å². The van der Waals surface area contributed by atoms with Gasteiger partial charge >= 0.3 is 0 Å². The molecule has 1 unspecified atom stereocenters. The van der Waals surface area contributed by atoms with Gasteiger partial charge in [0.05, 0.1) is 5.69 Å². The molecule has 1 rings (SSSR count). The largest absolute Gasteiger partial charge is 0.159 e. The molecule has 1 atom stereocenters. The van der Waals surface area contributed by atoms with Crippen LogP contribution < -0.4 is 0 Å². The topological polar surface area (TPSA) is 25.8 Å². The van der Waals surface area contributed by atoms with Gasteiger partial charge in [-0.15, -0.1) is 0 Å². The predicted octanol–water partition coefficient (Wildman–Crippen LogP) is 5.29. The van der Waals surface area contributed by atoms with E-state index in [4.69, 9.17) is 0 Å². The number of aromatic nitrogens is 2. The van der Waals surface area contributed by atoms with Crippen LogP contribution in [-0.4, -0.2) is 10.2 Å². The van der Waals surface area contributed by atoms with Crippen molar-refractivity contribution in [2.75, 3.05) is 0 Å². The maximum absolute atomic E-state index is 4.38. The highest BCUT2D eigenvalue weighted by atomic mass is 15.1. The van der Waals surface area contributed by atoms with Crippen molar-refractivity contribution in [3.05, 3.63) is 24.0 Å². The maximum atomic E-state index is 4.38. The molecule has 0 amide bonds. The Morgan fingerprint density at radius 3 is 2.16 bits per heavy atom. The fourth-order valence-electron chi connectivity index (χ4n) is 2.71. The van der Waals surface area contributed by atoms with Crippen LogP contribution in [0.3, 0.4) is 0 Å². The number of hydrogen-bond donors (Lipinski definition) is 0. The van der Waals surface area contributed by atoms with Crippen LogP contribution in [0, 0.1) is 0 Å². The van der Waals surface area contributed by atoms with Crippen LogP contribution in [0.2, 0.25) is 0 Å². The molecule has 2 heteroatoms. The van der Waals surface area contributed by atoms with Crippen LogP contribution >= 0.6 is 0 Å². The van der Waals surface area contributed by atoms with Crippen molar-refractivity contribution in [2.24, 2.45) is 0 Å². The molecule has 2 nitrogen and oxygen atoms in total. The van der Waals surface area contributed by atoms with Crippen LogP contribution in [0.5, 0.6) is 0 Å². The summed E-state index contributed by atoms with van der Waals surface area (Å²) >= 11 is 0. The van der Waals surface area contributed by atoms with Crippen molar-refractivity contribution in [2.45, 2.75) is 84.0 Å². The second-order valence-electron chi connectivity index (χ2n) is 5.94. The molecule has 0 bridgehead atoms. The predicted molar refractivity (Wildman–Crippen MR) is 82.3 cm³/mol. The second-order valence-corrected chi connectivity index (χ2v) is 5.94. The minimum Gasteiger partial charge on any atom is -0.159 e. The summed E-state index contributed by atoms with van der Waals surface area (Å²) in [5.74, 6) is 0. The van der Waals surface area contributed by atoms with Crippen molar-refractivity contribution in [3.63, 3.8) is 0 Å². The van der Waals surface area contributed by atoms with E-state index in [0.29, 0.717) is 0 Å². The van der Waals surface area contributed by atoms with Crippen molar-refractivity contribution in [1.29, 1.82) is 0 Å². The fraction of sp³-hybridized carbons (Fsp3) is 0.765. The normalized spacial score (nSPS) is 14.3. The summed E-state index contributed by atoms with van der Waals surface area (Å²) in [4.78, 5) is 0. The summed E-state index contributed by atoms with van der Waals surface area (Å²) in [6.07, 6.45) is 13.5. The Morgan fingerprint density at radius 2 is 1.58 bits per heavy atom. The maximum Gasteiger partial charge on any atom is 0.0689 e. The van der Waals surface area contributed by atoms with Crippen LogP contribution in [-0.2, 0) is 5.41 Å². The molecule has 19 heavy (non-hydrogen) atoms. The monoisotopic (exact) mass is 262 g/mol. The van der Waals surface area contributed by atoms with Crippen LogP contribution in [0.1, 0.15) is 84.3 Å². The lowest BCUT2D eigenvalue weighted by Gasteiger charge is -2.29. The van der Waals surface area contributed by atoms with E-state index in [-0.39, 0.29) is 5.41 Å². The van der Waals surface area contributed by atoms with E-state index in [0.717, 1.165) is 0 Å². The van der Waals surface area contributed by atoms with E-state index in [2.05, 4.69) is 37.0 Å². The summed E-state index contributed by atoms with van der Waals surface area (Å²) in [6.45, 7) is 6.91. The van der Waals surface area contributed by atoms with Gasteiger partial charge in [0.2, 0.25) is 0 Å². The highest BCUT2D eigenvalue weighted by Gasteiger charge is 2.27. The van der Waals surface area contributed by atoms with Gasteiger partial charge < -0.3 is 0 Å². The summed E-state index contributed by atoms with van der Waals surface area (Å²) in [6, 6.07) is 4.17. The van der Waals surface area contributed by atoms with Crippen molar-refractivity contribution in [3.8, 4) is 0 Å². The molecule has 0 aliphatic heterocycles. The molecular formula is C17H30N2. The summed E-state index contributed by atoms with van der Waals surface area (Å²) in [7, 11) is 0. The zero-order valence-electron chi connectivity index (χ0n) is 13.0. The Labute approximate surface area is 119 Å². The molecule has 0 aliphatic rings. The molecular weight excluding hydrogens is 232 g/mol. The Bertz CT molecular complexity index is 323. The molecule has 1 heterocycles. The van der Waals surface area contributed by atoms with E-state index in [1.54, 1.807) is 6.20 Å². The average Bonchev–Trinajstić information content (AvgIpc) is 2.45. The SMILES string of the molecule is CCCCCCC(C)(CCCCC)c1cccnn1. The molecule has 0 saturated carbocycles. The number of unbranched alkanes of at least 4 members (excludes halogenated alkanes) is 5. The molecule has 108 valence electrons. The Kier molecular flexibility index (Phi) is 7.69. The van der Waals surface area contributed by atoms with Gasteiger partial charge in [0.1, 0.15) is 0 Å². The zero-order valence-corrected chi connectivity index (χ0v) is 13.0. The second kappa shape index (κ2) is 9.06. The third kappa shape index (κ3) is 5.71. The first-order valence-corrected chi connectivity index (χ1v) is 8.01. The highest BCUT2D eigenvalue weighted by Crippen LogP contribution is 2.33. The molecule has 0 spiro atoms. The summed E-state index contributed by atoms with van der Waals surface area (Å²) in [5, 5.41) is 8.45. The lowest BCUT2D eigenvalue weighted by molar-refractivity contribution is 0.354. The molecule has 1 aromatic heterocycles. The molecule has 1 aromatic rings. The number of rotatable bonds is 10. The smallest absolute Gasteiger partial charge is 0.0689 e. The molecule has 0 fully saturated rings. The van der Waals surface area contributed by atoms with Gasteiger partial charge in [-0.1, -0.05) is 65.7 Å². The first-order chi connectivity index (χ1) is 9.23. The third-order valence-electron chi connectivity index (χ3n) is 4.10. The Balaban J connectivity index is 2.61. The summed E-state index contributed by atoms with van der Waals surface area (Å²) in [5.41, 5.74) is 1.40. The van der Waals surface area contributed by atoms with E-state index in [1.165, 1.54) is 63.5 Å². The summed E-state index contributed by atoms with van der Waals surface area (Å²) < 4.78 is 0. The highest BCUT2D eigenvalue weighted by molar-refractivity contribution is 5.13. The average molecular weight is 262 g/mol. The van der Waals surface area contributed by atoms with Crippen molar-refractivity contribution < 1.29 is 0 Å². The Morgan fingerprint density at radius 1 is 0.947 bits per heavy atom. The number of nitrogens with zero attached hydrogens (tertiary/aromatic N) is 2. The standard InChI is InChI=1S/C17H30N2/c1-4-6-8-10-14-17(3,13-9-7-5-2)16-12-11-15-18-19-16/h11-12,15H,4-10,13-14H2,1-3H3. The van der Waals surface area contributed by atoms with Gasteiger partial charge in [-0.3, -0.25) is 0 Å². The zero-order chi connectivity index (χ0) is 14.0. The first-order valence-electron chi connectivity index (χ1n) is 8.01. The molecule has 0 aromatic carbocycles. The minimum absolute atomic E-state index is 0.219. The fourth-order valence-corrected chi connectivity index (χ4v) is 2.71. The van der Waals surface area contributed by atoms with Crippen molar-refractivity contribution in [1.82, 2.24) is 10.2 Å². The molecule has 0 aliphatic carbocycles. The molecule has 0 radical (unpaired) electrons. The molecule has 0 N–H and O–H groups in total. The van der Waals surface area contributed by atoms with Crippen LogP contribution in [0.25, 0.3) is 0 Å². The van der Waals surface area contributed by atoms with Crippen LogP contribution in [0.4, 0.5) is 0 Å². The van der Waals surface area contributed by atoms with Gasteiger partial charge in [0.15, 0.2) is 0 Å². The van der Waals surface area contributed by atoms with Crippen LogP contribution in [0.15, 0.2) is 18.3 Å². The lowest BCUT2D eigenvalue weighted by Crippen LogP contribution is -2.24. The minimum atomic E-state index is 0.219. The Hall–Kier alpha value is -0.920. The first kappa shape index (κ1) is 16.1. The third-order valence-corrected chi connectivity index (χ3v) is 4.10. The quantitative estimate of drug-likeness (QED) is 0.536. The van der Waals surface area contributed by atoms with Gasteiger partial charge in [-0.25, -0.2) is 0 Å². The van der Waals surface area contributed by atoms with E-state index < -0.39 is 0 Å².